The standard InChI is InChI=1S/C13H15ClN4O3S/c1-3-18-8-10(7-15-18)16-13(19)11-6-9(14)4-5-12(11)17-22(2,20)21/h4-8,17H,3H2,1-2H3,(H,16,19). The largest absolute Gasteiger partial charge is 0.319 e. The molecule has 2 rings (SSSR count). The molecule has 118 valence electrons. The molecular formula is C13H15ClN4O3S. The number of benzene rings is 1. The third-order valence-corrected chi connectivity index (χ3v) is 3.56. The molecule has 0 saturated heterocycles. The average molecular weight is 343 g/mol. The zero-order chi connectivity index (χ0) is 16.3. The molecule has 0 fully saturated rings. The number of nitrogens with zero attached hydrogens (tertiary/aromatic N) is 2. The molecule has 0 atom stereocenters. The first-order valence-electron chi connectivity index (χ1n) is 6.39. The molecule has 1 aromatic heterocycles. The van der Waals surface area contributed by atoms with Gasteiger partial charge in [0.1, 0.15) is 0 Å². The summed E-state index contributed by atoms with van der Waals surface area (Å²) in [6, 6.07) is 4.34. The highest BCUT2D eigenvalue weighted by atomic mass is 35.5. The van der Waals surface area contributed by atoms with Crippen LogP contribution in [0.1, 0.15) is 17.3 Å². The molecule has 1 amide bonds. The van der Waals surface area contributed by atoms with Gasteiger partial charge in [-0.2, -0.15) is 5.10 Å². The van der Waals surface area contributed by atoms with Crippen molar-refractivity contribution >= 4 is 38.9 Å². The van der Waals surface area contributed by atoms with Gasteiger partial charge in [-0.05, 0) is 25.1 Å². The number of carbonyl (C=O) groups is 1. The number of sulfonamides is 1. The zero-order valence-electron chi connectivity index (χ0n) is 12.0. The number of hydrogen-bond acceptors (Lipinski definition) is 4. The minimum absolute atomic E-state index is 0.127. The molecule has 0 aliphatic heterocycles. The van der Waals surface area contributed by atoms with Crippen molar-refractivity contribution in [1.82, 2.24) is 9.78 Å². The predicted molar refractivity (Wildman–Crippen MR) is 85.8 cm³/mol. The third-order valence-electron chi connectivity index (χ3n) is 2.74. The molecule has 1 heterocycles. The van der Waals surface area contributed by atoms with E-state index in [9.17, 15) is 13.2 Å². The van der Waals surface area contributed by atoms with Gasteiger partial charge in [-0.3, -0.25) is 14.2 Å². The fourth-order valence-corrected chi connectivity index (χ4v) is 2.54. The second-order valence-corrected chi connectivity index (χ2v) is 6.79. The second kappa shape index (κ2) is 6.37. The predicted octanol–water partition coefficient (Wildman–Crippen LogP) is 2.18. The first-order chi connectivity index (χ1) is 10.3. The number of halogens is 1. The van der Waals surface area contributed by atoms with Crippen LogP contribution in [0, 0.1) is 0 Å². The zero-order valence-corrected chi connectivity index (χ0v) is 13.6. The Labute approximate surface area is 133 Å². The monoisotopic (exact) mass is 342 g/mol. The van der Waals surface area contributed by atoms with E-state index in [0.29, 0.717) is 17.3 Å². The van der Waals surface area contributed by atoms with Gasteiger partial charge in [-0.15, -0.1) is 0 Å². The molecule has 22 heavy (non-hydrogen) atoms. The number of amides is 1. The van der Waals surface area contributed by atoms with Crippen molar-refractivity contribution in [2.24, 2.45) is 0 Å². The number of carbonyl (C=O) groups excluding carboxylic acids is 1. The molecule has 0 aliphatic rings. The van der Waals surface area contributed by atoms with Gasteiger partial charge in [-0.1, -0.05) is 11.6 Å². The Kier molecular flexibility index (Phi) is 4.72. The molecule has 0 bridgehead atoms. The van der Waals surface area contributed by atoms with Crippen molar-refractivity contribution in [1.29, 1.82) is 0 Å². The lowest BCUT2D eigenvalue weighted by atomic mass is 10.1. The van der Waals surface area contributed by atoms with Crippen LogP contribution in [0.3, 0.4) is 0 Å². The Morgan fingerprint density at radius 1 is 1.41 bits per heavy atom. The van der Waals surface area contributed by atoms with Crippen LogP contribution in [0.4, 0.5) is 11.4 Å². The third kappa shape index (κ3) is 4.22. The lowest BCUT2D eigenvalue weighted by Gasteiger charge is -2.10. The molecule has 2 aromatic rings. The Morgan fingerprint density at radius 3 is 2.73 bits per heavy atom. The van der Waals surface area contributed by atoms with E-state index in [2.05, 4.69) is 15.1 Å². The molecular weight excluding hydrogens is 328 g/mol. The maximum Gasteiger partial charge on any atom is 0.257 e. The van der Waals surface area contributed by atoms with E-state index in [1.54, 1.807) is 10.9 Å². The van der Waals surface area contributed by atoms with E-state index in [4.69, 9.17) is 11.6 Å². The lowest BCUT2D eigenvalue weighted by Crippen LogP contribution is -2.17. The fraction of sp³-hybridized carbons (Fsp3) is 0.231. The highest BCUT2D eigenvalue weighted by Crippen LogP contribution is 2.22. The summed E-state index contributed by atoms with van der Waals surface area (Å²) < 4.78 is 26.7. The molecule has 2 N–H and O–H groups in total. The van der Waals surface area contributed by atoms with Crippen molar-refractivity contribution in [3.8, 4) is 0 Å². The number of rotatable bonds is 5. The number of aromatic nitrogens is 2. The first kappa shape index (κ1) is 16.3. The average Bonchev–Trinajstić information content (AvgIpc) is 2.87. The summed E-state index contributed by atoms with van der Waals surface area (Å²) in [4.78, 5) is 12.3. The molecule has 1 aromatic carbocycles. The van der Waals surface area contributed by atoms with Crippen LogP contribution < -0.4 is 10.0 Å². The summed E-state index contributed by atoms with van der Waals surface area (Å²) in [7, 11) is -3.51. The Bertz CT molecular complexity index is 801. The molecule has 0 unspecified atom stereocenters. The minimum Gasteiger partial charge on any atom is -0.319 e. The fourth-order valence-electron chi connectivity index (χ4n) is 1.79. The van der Waals surface area contributed by atoms with Crippen LogP contribution in [-0.4, -0.2) is 30.4 Å². The Morgan fingerprint density at radius 2 is 2.14 bits per heavy atom. The number of anilines is 2. The van der Waals surface area contributed by atoms with Gasteiger partial charge < -0.3 is 5.32 Å². The highest BCUT2D eigenvalue weighted by Gasteiger charge is 2.15. The van der Waals surface area contributed by atoms with Crippen molar-refractivity contribution in [3.63, 3.8) is 0 Å². The van der Waals surface area contributed by atoms with Gasteiger partial charge in [0.25, 0.3) is 5.91 Å². The van der Waals surface area contributed by atoms with Crippen molar-refractivity contribution in [2.45, 2.75) is 13.5 Å². The van der Waals surface area contributed by atoms with Gasteiger partial charge in [0.15, 0.2) is 0 Å². The summed E-state index contributed by atoms with van der Waals surface area (Å²) in [6.45, 7) is 2.59. The van der Waals surface area contributed by atoms with E-state index in [1.165, 1.54) is 24.4 Å². The Hall–Kier alpha value is -2.06. The molecule has 0 saturated carbocycles. The maximum absolute atomic E-state index is 12.3. The Balaban J connectivity index is 2.29. The van der Waals surface area contributed by atoms with Crippen LogP contribution in [0.2, 0.25) is 5.02 Å². The quantitative estimate of drug-likeness (QED) is 0.871. The maximum atomic E-state index is 12.3. The second-order valence-electron chi connectivity index (χ2n) is 4.60. The first-order valence-corrected chi connectivity index (χ1v) is 8.66. The normalized spacial score (nSPS) is 11.2. The van der Waals surface area contributed by atoms with Gasteiger partial charge in [-0.25, -0.2) is 8.42 Å². The van der Waals surface area contributed by atoms with E-state index in [1.807, 2.05) is 6.92 Å². The van der Waals surface area contributed by atoms with Gasteiger partial charge in [0.2, 0.25) is 10.0 Å². The number of nitrogens with one attached hydrogen (secondary N) is 2. The minimum atomic E-state index is -3.51. The molecule has 9 heteroatoms. The summed E-state index contributed by atoms with van der Waals surface area (Å²) in [6.07, 6.45) is 4.19. The summed E-state index contributed by atoms with van der Waals surface area (Å²) in [5, 5.41) is 7.02. The lowest BCUT2D eigenvalue weighted by molar-refractivity contribution is 0.102. The SMILES string of the molecule is CCn1cc(NC(=O)c2cc(Cl)ccc2NS(C)(=O)=O)cn1. The van der Waals surface area contributed by atoms with E-state index < -0.39 is 15.9 Å². The summed E-state index contributed by atoms with van der Waals surface area (Å²) >= 11 is 5.89. The molecule has 0 spiro atoms. The van der Waals surface area contributed by atoms with Gasteiger partial charge in [0, 0.05) is 17.8 Å². The topological polar surface area (TPSA) is 93.1 Å². The van der Waals surface area contributed by atoms with E-state index >= 15 is 0 Å². The van der Waals surface area contributed by atoms with Crippen LogP contribution >= 0.6 is 11.6 Å². The molecule has 7 nitrogen and oxygen atoms in total. The summed E-state index contributed by atoms with van der Waals surface area (Å²) in [5.41, 5.74) is 0.798. The smallest absolute Gasteiger partial charge is 0.257 e. The number of aryl methyl sites for hydroxylation is 1. The van der Waals surface area contributed by atoms with Crippen molar-refractivity contribution in [3.05, 3.63) is 41.2 Å². The van der Waals surface area contributed by atoms with Crippen LogP contribution in [0.5, 0.6) is 0 Å². The van der Waals surface area contributed by atoms with Crippen molar-refractivity contribution < 1.29 is 13.2 Å². The molecule has 0 aliphatic carbocycles. The van der Waals surface area contributed by atoms with Crippen molar-refractivity contribution in [2.75, 3.05) is 16.3 Å². The molecule has 0 radical (unpaired) electrons. The summed E-state index contributed by atoms with van der Waals surface area (Å²) in [5.74, 6) is -0.482. The highest BCUT2D eigenvalue weighted by molar-refractivity contribution is 7.92. The van der Waals surface area contributed by atoms with E-state index in [0.717, 1.165) is 6.26 Å². The number of hydrogen-bond donors (Lipinski definition) is 2. The van der Waals surface area contributed by atoms with Crippen LogP contribution in [-0.2, 0) is 16.6 Å². The van der Waals surface area contributed by atoms with Gasteiger partial charge >= 0.3 is 0 Å². The van der Waals surface area contributed by atoms with Crippen LogP contribution in [0.15, 0.2) is 30.6 Å². The van der Waals surface area contributed by atoms with E-state index in [-0.39, 0.29) is 11.3 Å². The van der Waals surface area contributed by atoms with Crippen LogP contribution in [0.25, 0.3) is 0 Å². The van der Waals surface area contributed by atoms with Gasteiger partial charge in [0.05, 0.1) is 29.4 Å².